The number of ketones is 1. The lowest BCUT2D eigenvalue weighted by Crippen LogP contribution is -2.34. The monoisotopic (exact) mass is 494 g/mol. The first kappa shape index (κ1) is 22.6. The van der Waals surface area contributed by atoms with Gasteiger partial charge in [0.2, 0.25) is 11.7 Å². The molecule has 3 aromatic heterocycles. The van der Waals surface area contributed by atoms with Gasteiger partial charge >= 0.3 is 0 Å². The minimum atomic E-state index is -0.303. The second kappa shape index (κ2) is 9.19. The number of hydrogen-bond acceptors (Lipinski definition) is 6. The summed E-state index contributed by atoms with van der Waals surface area (Å²) in [6.45, 7) is 2.57. The molecule has 9 heteroatoms. The maximum atomic E-state index is 13.7. The number of fused-ring (bicyclic) bond motifs is 1. The number of nitrogens with one attached hydrogen (secondary N) is 1. The summed E-state index contributed by atoms with van der Waals surface area (Å²) in [4.78, 5) is 40.8. The van der Waals surface area contributed by atoms with E-state index in [0.717, 1.165) is 29.6 Å². The van der Waals surface area contributed by atoms with Gasteiger partial charge in [-0.25, -0.2) is 4.98 Å². The normalized spacial score (nSPS) is 13.3. The number of carbonyl (C=O) groups is 2. The SMILES string of the molecule is COc1ccc2[nH]c(C)c(CC(=O)N(CC3CC3)c3nccs3)c2c1C(=O)c1cnccc1Cl. The standard InChI is InChI=1S/C25H23ClN4O3S/c1-14-16(11-21(31)30(13-15-3-4-15)25-28-9-10-34-25)22-19(29-14)5-6-20(33-2)23(22)24(32)17-12-27-8-7-18(17)26/h5-10,12,15,29H,3-4,11,13H2,1-2H3. The lowest BCUT2D eigenvalue weighted by Gasteiger charge is -2.20. The molecule has 0 radical (unpaired) electrons. The van der Waals surface area contributed by atoms with E-state index in [0.29, 0.717) is 39.3 Å². The van der Waals surface area contributed by atoms with E-state index < -0.39 is 0 Å². The number of aryl methyl sites for hydroxylation is 1. The highest BCUT2D eigenvalue weighted by Gasteiger charge is 2.31. The van der Waals surface area contributed by atoms with Gasteiger partial charge in [0.05, 0.1) is 29.7 Å². The van der Waals surface area contributed by atoms with E-state index >= 15 is 0 Å². The number of carbonyl (C=O) groups excluding carboxylic acids is 2. The number of hydrogen-bond donors (Lipinski definition) is 1. The highest BCUT2D eigenvalue weighted by atomic mass is 35.5. The second-order valence-electron chi connectivity index (χ2n) is 8.42. The molecule has 5 rings (SSSR count). The Bertz CT molecular complexity index is 1380. The van der Waals surface area contributed by atoms with Crippen LogP contribution in [0.4, 0.5) is 5.13 Å². The number of nitrogens with zero attached hydrogens (tertiary/aromatic N) is 3. The van der Waals surface area contributed by atoms with Crippen LogP contribution in [0, 0.1) is 12.8 Å². The van der Waals surface area contributed by atoms with Crippen molar-refractivity contribution < 1.29 is 14.3 Å². The number of amides is 1. The van der Waals surface area contributed by atoms with Gasteiger partial charge in [-0.15, -0.1) is 11.3 Å². The predicted molar refractivity (Wildman–Crippen MR) is 133 cm³/mol. The molecule has 1 N–H and O–H groups in total. The minimum Gasteiger partial charge on any atom is -0.496 e. The molecular formula is C25H23ClN4O3S. The molecule has 1 amide bonds. The first-order valence-corrected chi connectivity index (χ1v) is 12.3. The number of halogens is 1. The summed E-state index contributed by atoms with van der Waals surface area (Å²) in [5, 5.41) is 3.55. The van der Waals surface area contributed by atoms with Crippen LogP contribution in [0.1, 0.15) is 40.0 Å². The molecule has 1 aromatic carbocycles. The van der Waals surface area contributed by atoms with Crippen molar-refractivity contribution in [2.75, 3.05) is 18.6 Å². The third-order valence-corrected chi connectivity index (χ3v) is 7.24. The number of pyridine rings is 1. The molecule has 4 aromatic rings. The van der Waals surface area contributed by atoms with Gasteiger partial charge in [-0.3, -0.25) is 19.5 Å². The first-order valence-electron chi connectivity index (χ1n) is 11.0. The Morgan fingerprint density at radius 2 is 2.09 bits per heavy atom. The third-order valence-electron chi connectivity index (χ3n) is 6.12. The Hall–Kier alpha value is -3.23. The van der Waals surface area contributed by atoms with E-state index in [1.807, 2.05) is 18.4 Å². The van der Waals surface area contributed by atoms with Crippen LogP contribution in [0.15, 0.2) is 42.2 Å². The molecule has 0 saturated heterocycles. The maximum absolute atomic E-state index is 13.7. The molecule has 34 heavy (non-hydrogen) atoms. The van der Waals surface area contributed by atoms with Gasteiger partial charge in [0.15, 0.2) is 5.13 Å². The zero-order chi connectivity index (χ0) is 23.8. The van der Waals surface area contributed by atoms with Crippen LogP contribution in [0.5, 0.6) is 5.75 Å². The highest BCUT2D eigenvalue weighted by Crippen LogP contribution is 2.36. The number of H-pyrrole nitrogens is 1. The van der Waals surface area contributed by atoms with Gasteiger partial charge in [0.25, 0.3) is 0 Å². The Kier molecular flexibility index (Phi) is 6.10. The summed E-state index contributed by atoms with van der Waals surface area (Å²) < 4.78 is 5.57. The van der Waals surface area contributed by atoms with Crippen LogP contribution in [0.2, 0.25) is 5.02 Å². The van der Waals surface area contributed by atoms with Crippen LogP contribution in [0.25, 0.3) is 10.9 Å². The fraction of sp³-hybridized carbons (Fsp3) is 0.280. The number of rotatable bonds is 8. The average molecular weight is 495 g/mol. The molecule has 0 unspecified atom stereocenters. The number of aromatic amines is 1. The smallest absolute Gasteiger partial charge is 0.233 e. The van der Waals surface area contributed by atoms with Crippen LogP contribution in [0.3, 0.4) is 0 Å². The third kappa shape index (κ3) is 4.19. The molecule has 1 saturated carbocycles. The summed E-state index contributed by atoms with van der Waals surface area (Å²) in [5.41, 5.74) is 3.00. The molecule has 1 aliphatic rings. The molecular weight excluding hydrogens is 472 g/mol. The fourth-order valence-corrected chi connectivity index (χ4v) is 5.06. The zero-order valence-electron chi connectivity index (χ0n) is 18.8. The van der Waals surface area contributed by atoms with Crippen molar-refractivity contribution in [3.8, 4) is 5.75 Å². The second-order valence-corrected chi connectivity index (χ2v) is 9.70. The summed E-state index contributed by atoms with van der Waals surface area (Å²) >= 11 is 7.77. The van der Waals surface area contributed by atoms with Crippen molar-refractivity contribution in [3.05, 3.63) is 69.6 Å². The summed E-state index contributed by atoms with van der Waals surface area (Å²) in [7, 11) is 1.52. The minimum absolute atomic E-state index is 0.0496. The molecule has 1 fully saturated rings. The predicted octanol–water partition coefficient (Wildman–Crippen LogP) is 5.21. The zero-order valence-corrected chi connectivity index (χ0v) is 20.4. The first-order chi connectivity index (χ1) is 16.5. The van der Waals surface area contributed by atoms with Crippen LogP contribution in [-0.4, -0.2) is 40.3 Å². The molecule has 1 aliphatic carbocycles. The van der Waals surface area contributed by atoms with E-state index in [4.69, 9.17) is 16.3 Å². The Labute approximate surface area is 205 Å². The Morgan fingerprint density at radius 1 is 1.26 bits per heavy atom. The lowest BCUT2D eigenvalue weighted by molar-refractivity contribution is -0.118. The van der Waals surface area contributed by atoms with E-state index in [2.05, 4.69) is 15.0 Å². The van der Waals surface area contributed by atoms with Gasteiger partial charge in [-0.05, 0) is 49.4 Å². The van der Waals surface area contributed by atoms with Crippen molar-refractivity contribution in [2.45, 2.75) is 26.2 Å². The summed E-state index contributed by atoms with van der Waals surface area (Å²) in [5.74, 6) is 0.580. The van der Waals surface area contributed by atoms with Crippen molar-refractivity contribution in [1.29, 1.82) is 0 Å². The maximum Gasteiger partial charge on any atom is 0.233 e. The number of ether oxygens (including phenoxy) is 1. The van der Waals surface area contributed by atoms with Crippen molar-refractivity contribution in [2.24, 2.45) is 5.92 Å². The molecule has 7 nitrogen and oxygen atoms in total. The Morgan fingerprint density at radius 3 is 2.76 bits per heavy atom. The molecule has 0 bridgehead atoms. The van der Waals surface area contributed by atoms with E-state index in [1.54, 1.807) is 23.2 Å². The van der Waals surface area contributed by atoms with Crippen molar-refractivity contribution in [1.82, 2.24) is 15.0 Å². The summed E-state index contributed by atoms with van der Waals surface area (Å²) in [6.07, 6.45) is 7.09. The van der Waals surface area contributed by atoms with Gasteiger partial charge in [0, 0.05) is 47.1 Å². The van der Waals surface area contributed by atoms with E-state index in [-0.39, 0.29) is 23.7 Å². The number of benzene rings is 1. The van der Waals surface area contributed by atoms with Gasteiger partial charge in [-0.1, -0.05) is 11.6 Å². The quantitative estimate of drug-likeness (QED) is 0.340. The number of anilines is 1. The van der Waals surface area contributed by atoms with Crippen LogP contribution in [-0.2, 0) is 11.2 Å². The molecule has 3 heterocycles. The molecule has 0 spiro atoms. The lowest BCUT2D eigenvalue weighted by atomic mass is 9.95. The molecule has 174 valence electrons. The summed E-state index contributed by atoms with van der Waals surface area (Å²) in [6, 6.07) is 5.19. The fourth-order valence-electron chi connectivity index (χ4n) is 4.20. The topological polar surface area (TPSA) is 88.2 Å². The average Bonchev–Trinajstić information content (AvgIpc) is 3.39. The van der Waals surface area contributed by atoms with E-state index in [9.17, 15) is 9.59 Å². The van der Waals surface area contributed by atoms with Crippen LogP contribution < -0.4 is 9.64 Å². The molecule has 0 aliphatic heterocycles. The largest absolute Gasteiger partial charge is 0.496 e. The number of aromatic nitrogens is 3. The number of methoxy groups -OCH3 is 1. The van der Waals surface area contributed by atoms with Gasteiger partial charge in [-0.2, -0.15) is 0 Å². The Balaban J connectivity index is 1.60. The van der Waals surface area contributed by atoms with Crippen LogP contribution >= 0.6 is 22.9 Å². The van der Waals surface area contributed by atoms with Crippen molar-refractivity contribution >= 4 is 50.7 Å². The molecule has 0 atom stereocenters. The van der Waals surface area contributed by atoms with E-state index in [1.165, 1.54) is 30.8 Å². The van der Waals surface area contributed by atoms with Gasteiger partial charge in [0.1, 0.15) is 5.75 Å². The number of thiazole rings is 1. The van der Waals surface area contributed by atoms with Crippen molar-refractivity contribution in [3.63, 3.8) is 0 Å². The highest BCUT2D eigenvalue weighted by molar-refractivity contribution is 7.13. The van der Waals surface area contributed by atoms with Gasteiger partial charge < -0.3 is 9.72 Å².